The van der Waals surface area contributed by atoms with E-state index in [-0.39, 0.29) is 6.61 Å². The van der Waals surface area contributed by atoms with E-state index in [0.29, 0.717) is 32.8 Å². The summed E-state index contributed by atoms with van der Waals surface area (Å²) in [6, 6.07) is 0. The number of hydrogen-bond acceptors (Lipinski definition) is 5. The van der Waals surface area contributed by atoms with Crippen LogP contribution in [0, 0.1) is 0 Å². The minimum atomic E-state index is -0.857. The Balaban J connectivity index is 3.49. The molecule has 0 aliphatic heterocycles. The Morgan fingerprint density at radius 1 is 1.38 bits per heavy atom. The van der Waals surface area contributed by atoms with Crippen LogP contribution in [0.2, 0.25) is 0 Å². The molecule has 0 radical (unpaired) electrons. The number of hydrogen-bond donors (Lipinski definition) is 3. The normalized spacial score (nSPS) is 17.1. The van der Waals surface area contributed by atoms with Gasteiger partial charge in [0.1, 0.15) is 0 Å². The van der Waals surface area contributed by atoms with Gasteiger partial charge in [0.15, 0.2) is 0 Å². The highest BCUT2D eigenvalue weighted by Gasteiger charge is 2.20. The summed E-state index contributed by atoms with van der Waals surface area (Å²) in [5.41, 5.74) is -0.857. The molecule has 0 aromatic heterocycles. The van der Waals surface area contributed by atoms with Gasteiger partial charge >= 0.3 is 0 Å². The highest BCUT2D eigenvalue weighted by atomic mass is 16.5. The van der Waals surface area contributed by atoms with Crippen LogP contribution in [0.15, 0.2) is 0 Å². The van der Waals surface area contributed by atoms with Gasteiger partial charge in [0.2, 0.25) is 0 Å². The lowest BCUT2D eigenvalue weighted by Gasteiger charge is -2.23. The predicted molar refractivity (Wildman–Crippen MR) is 62.5 cm³/mol. The molecule has 0 spiro atoms. The molecule has 0 amide bonds. The van der Waals surface area contributed by atoms with Gasteiger partial charge in [-0.2, -0.15) is 0 Å². The van der Waals surface area contributed by atoms with Gasteiger partial charge in [-0.25, -0.2) is 0 Å². The van der Waals surface area contributed by atoms with E-state index in [1.54, 1.807) is 14.0 Å². The second-order valence-corrected chi connectivity index (χ2v) is 4.17. The fraction of sp³-hybridized carbons (Fsp3) is 1.00. The molecule has 3 N–H and O–H groups in total. The Bertz CT molecular complexity index is 164. The fourth-order valence-electron chi connectivity index (χ4n) is 1.20. The molecule has 5 heteroatoms. The molecular weight excluding hydrogens is 210 g/mol. The van der Waals surface area contributed by atoms with Gasteiger partial charge in [-0.05, 0) is 20.9 Å². The zero-order chi connectivity index (χ0) is 12.4. The van der Waals surface area contributed by atoms with Crippen molar-refractivity contribution >= 4 is 0 Å². The zero-order valence-electron chi connectivity index (χ0n) is 10.5. The Labute approximate surface area is 97.8 Å². The van der Waals surface area contributed by atoms with Crippen LogP contribution in [0.5, 0.6) is 0 Å². The molecule has 0 aliphatic carbocycles. The van der Waals surface area contributed by atoms with E-state index < -0.39 is 11.7 Å². The van der Waals surface area contributed by atoms with E-state index >= 15 is 0 Å². The lowest BCUT2D eigenvalue weighted by Crippen LogP contribution is -2.33. The summed E-state index contributed by atoms with van der Waals surface area (Å²) < 4.78 is 10.4. The van der Waals surface area contributed by atoms with Crippen molar-refractivity contribution in [2.45, 2.75) is 32.0 Å². The van der Waals surface area contributed by atoms with Gasteiger partial charge in [0, 0.05) is 26.2 Å². The van der Waals surface area contributed by atoms with Crippen molar-refractivity contribution in [1.82, 2.24) is 5.32 Å². The van der Waals surface area contributed by atoms with E-state index in [1.165, 1.54) is 0 Å². The van der Waals surface area contributed by atoms with Gasteiger partial charge in [-0.1, -0.05) is 0 Å². The summed E-state index contributed by atoms with van der Waals surface area (Å²) in [5.74, 6) is 0. The lowest BCUT2D eigenvalue weighted by molar-refractivity contribution is -0.0566. The summed E-state index contributed by atoms with van der Waals surface area (Å²) in [5, 5.41) is 22.0. The maximum Gasteiger partial charge on any atom is 0.0897 e. The highest BCUT2D eigenvalue weighted by Crippen LogP contribution is 2.09. The molecule has 16 heavy (non-hydrogen) atoms. The first-order chi connectivity index (χ1) is 7.52. The van der Waals surface area contributed by atoms with Gasteiger partial charge in [0.25, 0.3) is 0 Å². The average Bonchev–Trinajstić information content (AvgIpc) is 2.22. The van der Waals surface area contributed by atoms with E-state index in [9.17, 15) is 10.2 Å². The third-order valence-corrected chi connectivity index (χ3v) is 2.15. The molecule has 2 atom stereocenters. The SMILES string of the molecule is CCOCC(C)(O)CCOCC(O)CNC. The molecule has 0 saturated heterocycles. The van der Waals surface area contributed by atoms with Crippen molar-refractivity contribution in [2.75, 3.05) is 40.0 Å². The van der Waals surface area contributed by atoms with Crippen LogP contribution < -0.4 is 5.32 Å². The van der Waals surface area contributed by atoms with E-state index in [1.807, 2.05) is 6.92 Å². The second kappa shape index (κ2) is 8.90. The first-order valence-electron chi connectivity index (χ1n) is 5.72. The monoisotopic (exact) mass is 235 g/mol. The topological polar surface area (TPSA) is 71.0 Å². The third kappa shape index (κ3) is 9.06. The van der Waals surface area contributed by atoms with Gasteiger partial charge in [0.05, 0.1) is 24.9 Å². The average molecular weight is 235 g/mol. The van der Waals surface area contributed by atoms with Crippen LogP contribution >= 0.6 is 0 Å². The lowest BCUT2D eigenvalue weighted by atomic mass is 10.1. The molecule has 0 saturated carbocycles. The molecule has 0 fully saturated rings. The largest absolute Gasteiger partial charge is 0.389 e. The fourth-order valence-corrected chi connectivity index (χ4v) is 1.20. The van der Waals surface area contributed by atoms with Gasteiger partial charge in [-0.3, -0.25) is 0 Å². The van der Waals surface area contributed by atoms with Crippen LogP contribution in [0.3, 0.4) is 0 Å². The first kappa shape index (κ1) is 15.8. The second-order valence-electron chi connectivity index (χ2n) is 4.17. The highest BCUT2D eigenvalue weighted by molar-refractivity contribution is 4.71. The van der Waals surface area contributed by atoms with Crippen molar-refractivity contribution in [3.05, 3.63) is 0 Å². The van der Waals surface area contributed by atoms with Crippen molar-refractivity contribution in [2.24, 2.45) is 0 Å². The quantitative estimate of drug-likeness (QED) is 0.456. The number of rotatable bonds is 10. The van der Waals surface area contributed by atoms with Crippen LogP contribution in [0.1, 0.15) is 20.3 Å². The summed E-state index contributed by atoms with van der Waals surface area (Å²) >= 11 is 0. The van der Waals surface area contributed by atoms with Crippen molar-refractivity contribution in [3.63, 3.8) is 0 Å². The Morgan fingerprint density at radius 2 is 2.06 bits per heavy atom. The standard InChI is InChI=1S/C11H25NO4/c1-4-15-9-11(2,14)5-6-16-8-10(13)7-12-3/h10,12-14H,4-9H2,1-3H3. The van der Waals surface area contributed by atoms with Crippen LogP contribution in [-0.4, -0.2) is 61.9 Å². The molecule has 0 aliphatic rings. The van der Waals surface area contributed by atoms with Crippen LogP contribution in [-0.2, 0) is 9.47 Å². The van der Waals surface area contributed by atoms with E-state index in [2.05, 4.69) is 5.32 Å². The van der Waals surface area contributed by atoms with Crippen molar-refractivity contribution < 1.29 is 19.7 Å². The van der Waals surface area contributed by atoms with Crippen molar-refractivity contribution in [1.29, 1.82) is 0 Å². The van der Waals surface area contributed by atoms with E-state index in [4.69, 9.17) is 9.47 Å². The molecule has 2 unspecified atom stereocenters. The van der Waals surface area contributed by atoms with Crippen molar-refractivity contribution in [3.8, 4) is 0 Å². The van der Waals surface area contributed by atoms with E-state index in [0.717, 1.165) is 0 Å². The molecule has 98 valence electrons. The number of aliphatic hydroxyl groups is 2. The molecule has 0 heterocycles. The maximum absolute atomic E-state index is 9.83. The molecule has 0 bridgehead atoms. The van der Waals surface area contributed by atoms with Gasteiger partial charge in [-0.15, -0.1) is 0 Å². The minimum Gasteiger partial charge on any atom is -0.389 e. The molecule has 5 nitrogen and oxygen atoms in total. The summed E-state index contributed by atoms with van der Waals surface area (Å²) in [4.78, 5) is 0. The Kier molecular flexibility index (Phi) is 8.78. The minimum absolute atomic E-state index is 0.283. The predicted octanol–water partition coefficient (Wildman–Crippen LogP) is -0.239. The molecule has 0 rings (SSSR count). The maximum atomic E-state index is 9.83. The summed E-state index contributed by atoms with van der Waals surface area (Å²) in [7, 11) is 1.77. The Morgan fingerprint density at radius 3 is 2.62 bits per heavy atom. The smallest absolute Gasteiger partial charge is 0.0897 e. The number of ether oxygens (including phenoxy) is 2. The van der Waals surface area contributed by atoms with Crippen LogP contribution in [0.4, 0.5) is 0 Å². The van der Waals surface area contributed by atoms with Crippen LogP contribution in [0.25, 0.3) is 0 Å². The summed E-state index contributed by atoms with van der Waals surface area (Å²) in [6.45, 7) is 5.72. The molecule has 0 aromatic rings. The first-order valence-corrected chi connectivity index (χ1v) is 5.72. The van der Waals surface area contributed by atoms with Gasteiger partial charge < -0.3 is 25.0 Å². The zero-order valence-corrected chi connectivity index (χ0v) is 10.5. The third-order valence-electron chi connectivity index (χ3n) is 2.15. The number of nitrogens with one attached hydrogen (secondary N) is 1. The number of aliphatic hydroxyl groups excluding tert-OH is 1. The number of likely N-dealkylation sites (N-methyl/N-ethyl adjacent to an activating group) is 1. The molecular formula is C11H25NO4. The Hall–Kier alpha value is -0.200. The molecule has 0 aromatic carbocycles. The summed E-state index contributed by atoms with van der Waals surface area (Å²) in [6.07, 6.45) is 0.000984.